The van der Waals surface area contributed by atoms with Crippen molar-refractivity contribution < 1.29 is 14.4 Å². The number of allylic oxidation sites excluding steroid dienone is 1. The molecule has 0 saturated heterocycles. The summed E-state index contributed by atoms with van der Waals surface area (Å²) >= 11 is 0. The van der Waals surface area contributed by atoms with Gasteiger partial charge in [-0.15, -0.1) is 0 Å². The molecule has 29 heavy (non-hydrogen) atoms. The molecule has 0 saturated carbocycles. The highest BCUT2D eigenvalue weighted by Gasteiger charge is 2.39. The second-order valence-corrected chi connectivity index (χ2v) is 13.9. The second kappa shape index (κ2) is 10.2. The van der Waals surface area contributed by atoms with Gasteiger partial charge in [0.1, 0.15) is 0 Å². The molecule has 0 bridgehead atoms. The molecule has 4 nitrogen and oxygen atoms in total. The lowest BCUT2D eigenvalue weighted by Gasteiger charge is -2.39. The van der Waals surface area contributed by atoms with E-state index in [1.54, 1.807) is 11.6 Å². The van der Waals surface area contributed by atoms with Crippen LogP contribution in [0.5, 0.6) is 0 Å². The Hall–Kier alpha value is -1.95. The highest BCUT2D eigenvalue weighted by molar-refractivity contribution is 6.74. The van der Waals surface area contributed by atoms with Gasteiger partial charge < -0.3 is 4.43 Å². The number of hydrogen-bond acceptors (Lipinski definition) is 3. The molecule has 0 spiro atoms. The molecule has 0 fully saturated rings. The molecule has 1 unspecified atom stereocenters. The Balaban J connectivity index is 2.12. The summed E-state index contributed by atoms with van der Waals surface area (Å²) in [5.41, 5.74) is 2.85. The average Bonchev–Trinajstić information content (AvgIpc) is 2.68. The van der Waals surface area contributed by atoms with Crippen LogP contribution < -0.4 is 5.48 Å². The maximum absolute atomic E-state index is 11.0. The molecule has 0 heterocycles. The lowest BCUT2D eigenvalue weighted by Crippen LogP contribution is -2.41. The molecular weight excluding hydrogens is 378 g/mol. The van der Waals surface area contributed by atoms with Gasteiger partial charge in [-0.3, -0.25) is 10.0 Å². The van der Waals surface area contributed by atoms with E-state index in [0.29, 0.717) is 0 Å². The molecular formula is C24H35NO3Si. The molecule has 1 amide bonds. The summed E-state index contributed by atoms with van der Waals surface area (Å²) in [5, 5.41) is 11.2. The van der Waals surface area contributed by atoms with Gasteiger partial charge >= 0.3 is 0 Å². The van der Waals surface area contributed by atoms with Crippen LogP contribution in [0, 0.1) is 0 Å². The van der Waals surface area contributed by atoms with Crippen molar-refractivity contribution in [3.8, 4) is 0 Å². The molecule has 2 N–H and O–H groups in total. The van der Waals surface area contributed by atoms with Crippen molar-refractivity contribution in [1.82, 2.24) is 5.48 Å². The van der Waals surface area contributed by atoms with Crippen LogP contribution in [0.1, 0.15) is 58.1 Å². The van der Waals surface area contributed by atoms with Gasteiger partial charge in [-0.2, -0.15) is 0 Å². The third-order valence-electron chi connectivity index (χ3n) is 5.85. The van der Waals surface area contributed by atoms with E-state index in [9.17, 15) is 4.79 Å². The monoisotopic (exact) mass is 413 g/mol. The summed E-state index contributed by atoms with van der Waals surface area (Å²) < 4.78 is 6.82. The van der Waals surface area contributed by atoms with E-state index in [-0.39, 0.29) is 11.1 Å². The van der Waals surface area contributed by atoms with Crippen LogP contribution in [0.3, 0.4) is 0 Å². The number of carbonyl (C=O) groups is 1. The normalized spacial score (nSPS) is 13.7. The highest BCUT2D eigenvalue weighted by Crippen LogP contribution is 2.41. The molecule has 2 aromatic carbocycles. The summed E-state index contributed by atoms with van der Waals surface area (Å²) in [4.78, 5) is 11.0. The maximum Gasteiger partial charge on any atom is 0.267 e. The first kappa shape index (κ1) is 23.3. The number of carbonyl (C=O) groups excluding carboxylic acids is 1. The minimum absolute atomic E-state index is 0.0743. The van der Waals surface area contributed by atoms with Gasteiger partial charge in [0.15, 0.2) is 8.32 Å². The zero-order valence-electron chi connectivity index (χ0n) is 18.4. The van der Waals surface area contributed by atoms with Crippen molar-refractivity contribution >= 4 is 25.0 Å². The number of rotatable bonds is 9. The molecule has 0 aliphatic rings. The van der Waals surface area contributed by atoms with E-state index < -0.39 is 14.2 Å². The summed E-state index contributed by atoms with van der Waals surface area (Å²) in [6, 6.07) is 15.1. The molecule has 158 valence electrons. The Bertz CT molecular complexity index is 839. The van der Waals surface area contributed by atoms with E-state index in [2.05, 4.69) is 76.3 Å². The predicted molar refractivity (Wildman–Crippen MR) is 123 cm³/mol. The summed E-state index contributed by atoms with van der Waals surface area (Å²) in [6.07, 6.45) is 6.98. The fourth-order valence-electron chi connectivity index (χ4n) is 3.05. The van der Waals surface area contributed by atoms with E-state index >= 15 is 0 Å². The molecule has 0 aliphatic heterocycles. The second-order valence-electron chi connectivity index (χ2n) is 9.14. The van der Waals surface area contributed by atoms with Crippen molar-refractivity contribution in [2.24, 2.45) is 0 Å². The number of fused-ring (bicyclic) bond motifs is 1. The number of hydroxylamine groups is 1. The SMILES string of the molecule is CC(C)(C)[Si](C)(C)OC(CCCC/C=C/C(=O)NO)c1ccc2ccccc2c1. The molecule has 0 aliphatic carbocycles. The van der Waals surface area contributed by atoms with Crippen LogP contribution in [-0.4, -0.2) is 19.4 Å². The molecule has 2 rings (SSSR count). The molecule has 1 atom stereocenters. The number of amides is 1. The Kier molecular flexibility index (Phi) is 8.20. The molecule has 0 aromatic heterocycles. The van der Waals surface area contributed by atoms with Gasteiger partial charge in [-0.1, -0.05) is 69.7 Å². The number of benzene rings is 2. The Morgan fingerprint density at radius 1 is 1.14 bits per heavy atom. The summed E-state index contributed by atoms with van der Waals surface area (Å²) in [7, 11) is -1.91. The lowest BCUT2D eigenvalue weighted by atomic mass is 10.00. The number of nitrogens with one attached hydrogen (secondary N) is 1. The Morgan fingerprint density at radius 3 is 2.48 bits per heavy atom. The topological polar surface area (TPSA) is 58.6 Å². The minimum atomic E-state index is -1.91. The standard InChI is InChI=1S/C24H35NO3Si/c1-24(2,3)29(4,5)28-22(14-8-6-7-9-15-23(26)25-27)21-17-16-19-12-10-11-13-20(19)18-21/h9-13,15-18,22,27H,6-8,14H2,1-5H3,(H,25,26)/b15-9+. The van der Waals surface area contributed by atoms with Crippen molar-refractivity contribution in [2.75, 3.05) is 0 Å². The minimum Gasteiger partial charge on any atom is -0.410 e. The van der Waals surface area contributed by atoms with Gasteiger partial charge in [-0.05, 0) is 59.8 Å². The van der Waals surface area contributed by atoms with Gasteiger partial charge in [0, 0.05) is 6.08 Å². The third kappa shape index (κ3) is 6.80. The molecule has 2 aromatic rings. The smallest absolute Gasteiger partial charge is 0.267 e. The number of unbranched alkanes of at least 4 members (excludes halogenated alkanes) is 2. The zero-order chi connectivity index (χ0) is 21.5. The van der Waals surface area contributed by atoms with E-state index in [0.717, 1.165) is 25.7 Å². The number of hydrogen-bond donors (Lipinski definition) is 2. The van der Waals surface area contributed by atoms with Crippen molar-refractivity contribution in [2.45, 2.75) is 70.7 Å². The van der Waals surface area contributed by atoms with Gasteiger partial charge in [-0.25, -0.2) is 5.48 Å². The molecule has 5 heteroatoms. The van der Waals surface area contributed by atoms with E-state index in [1.165, 1.54) is 22.4 Å². The zero-order valence-corrected chi connectivity index (χ0v) is 19.4. The maximum atomic E-state index is 11.0. The fourth-order valence-corrected chi connectivity index (χ4v) is 4.37. The first-order valence-electron chi connectivity index (χ1n) is 10.4. The van der Waals surface area contributed by atoms with Crippen molar-refractivity contribution in [1.29, 1.82) is 0 Å². The predicted octanol–water partition coefficient (Wildman–Crippen LogP) is 6.52. The quantitative estimate of drug-likeness (QED) is 0.162. The van der Waals surface area contributed by atoms with E-state index in [4.69, 9.17) is 9.63 Å². The largest absolute Gasteiger partial charge is 0.410 e. The third-order valence-corrected chi connectivity index (χ3v) is 10.3. The van der Waals surface area contributed by atoms with Crippen LogP contribution in [0.4, 0.5) is 0 Å². The lowest BCUT2D eigenvalue weighted by molar-refractivity contribution is -0.124. The average molecular weight is 414 g/mol. The highest BCUT2D eigenvalue weighted by atomic mass is 28.4. The van der Waals surface area contributed by atoms with E-state index in [1.807, 2.05) is 0 Å². The van der Waals surface area contributed by atoms with Gasteiger partial charge in [0.25, 0.3) is 5.91 Å². The van der Waals surface area contributed by atoms with Gasteiger partial charge in [0.05, 0.1) is 6.10 Å². The fraction of sp³-hybridized carbons (Fsp3) is 0.458. The first-order valence-corrected chi connectivity index (χ1v) is 13.3. The van der Waals surface area contributed by atoms with Crippen molar-refractivity contribution in [3.63, 3.8) is 0 Å². The Morgan fingerprint density at radius 2 is 1.83 bits per heavy atom. The van der Waals surface area contributed by atoms with Crippen LogP contribution in [0.2, 0.25) is 18.1 Å². The summed E-state index contributed by atoms with van der Waals surface area (Å²) in [5.74, 6) is -0.486. The van der Waals surface area contributed by atoms with Crippen molar-refractivity contribution in [3.05, 3.63) is 60.2 Å². The van der Waals surface area contributed by atoms with Crippen LogP contribution >= 0.6 is 0 Å². The summed E-state index contributed by atoms with van der Waals surface area (Å²) in [6.45, 7) is 11.4. The first-order chi connectivity index (χ1) is 13.6. The van der Waals surface area contributed by atoms with Crippen LogP contribution in [0.15, 0.2) is 54.6 Å². The van der Waals surface area contributed by atoms with Crippen LogP contribution in [0.25, 0.3) is 10.8 Å². The van der Waals surface area contributed by atoms with Gasteiger partial charge in [0.2, 0.25) is 0 Å². The Labute approximate surface area is 176 Å². The molecule has 0 radical (unpaired) electrons. The van der Waals surface area contributed by atoms with Crippen LogP contribution in [-0.2, 0) is 9.22 Å².